The summed E-state index contributed by atoms with van der Waals surface area (Å²) in [7, 11) is 1.42. The standard InChI is InChI=1S/C22H18ClF3N4O2S/c1-31-18-9-5-8-15(11-29-30-21(27)33-13-14-6-3-2-4-7-14)19(18)32-20-17(23)10-16(12-28-20)22(24,25)26/h2-12H,13H2,1H3,(H2,27,30). The predicted octanol–water partition coefficient (Wildman–Crippen LogP) is 6.14. The van der Waals surface area contributed by atoms with Crippen LogP contribution in [0.15, 0.2) is 71.0 Å². The summed E-state index contributed by atoms with van der Waals surface area (Å²) in [6.45, 7) is 0. The Balaban J connectivity index is 1.79. The number of amidine groups is 1. The summed E-state index contributed by atoms with van der Waals surface area (Å²) >= 11 is 7.28. The molecule has 172 valence electrons. The smallest absolute Gasteiger partial charge is 0.417 e. The van der Waals surface area contributed by atoms with E-state index in [9.17, 15) is 13.2 Å². The number of nitrogens with zero attached hydrogens (tertiary/aromatic N) is 3. The first-order valence-corrected chi connectivity index (χ1v) is 10.7. The lowest BCUT2D eigenvalue weighted by atomic mass is 10.2. The molecule has 2 aromatic carbocycles. The summed E-state index contributed by atoms with van der Waals surface area (Å²) < 4.78 is 49.6. The van der Waals surface area contributed by atoms with E-state index in [1.165, 1.54) is 25.1 Å². The maximum atomic E-state index is 12.9. The number of ether oxygens (including phenoxy) is 2. The average Bonchev–Trinajstić information content (AvgIpc) is 2.79. The third kappa shape index (κ3) is 6.87. The minimum atomic E-state index is -4.58. The fraction of sp³-hybridized carbons (Fsp3) is 0.136. The van der Waals surface area contributed by atoms with E-state index >= 15 is 0 Å². The zero-order valence-electron chi connectivity index (χ0n) is 17.2. The number of hydrogen-bond acceptors (Lipinski definition) is 6. The number of benzene rings is 2. The highest BCUT2D eigenvalue weighted by atomic mass is 35.5. The van der Waals surface area contributed by atoms with Crippen molar-refractivity contribution in [2.45, 2.75) is 11.9 Å². The first kappa shape index (κ1) is 24.4. The maximum absolute atomic E-state index is 12.9. The SMILES string of the molecule is COc1cccc(C=NN=C(N)SCc2ccccc2)c1Oc1ncc(C(F)(F)F)cc1Cl. The molecule has 0 unspecified atom stereocenters. The van der Waals surface area contributed by atoms with Crippen molar-refractivity contribution in [3.63, 3.8) is 0 Å². The van der Waals surface area contributed by atoms with Crippen LogP contribution in [0.5, 0.6) is 17.4 Å². The van der Waals surface area contributed by atoms with Gasteiger partial charge in [0.15, 0.2) is 16.7 Å². The van der Waals surface area contributed by atoms with Crippen LogP contribution in [0.25, 0.3) is 0 Å². The van der Waals surface area contributed by atoms with Gasteiger partial charge in [0.2, 0.25) is 5.88 Å². The van der Waals surface area contributed by atoms with Gasteiger partial charge in [-0.25, -0.2) is 4.98 Å². The zero-order chi connectivity index (χ0) is 23.8. The molecule has 0 fully saturated rings. The normalized spacial score (nSPS) is 12.2. The number of hydrogen-bond donors (Lipinski definition) is 1. The molecule has 1 heterocycles. The van der Waals surface area contributed by atoms with Crippen LogP contribution in [0, 0.1) is 0 Å². The number of rotatable bonds is 7. The van der Waals surface area contributed by atoms with Gasteiger partial charge in [0.25, 0.3) is 0 Å². The Morgan fingerprint density at radius 3 is 2.61 bits per heavy atom. The maximum Gasteiger partial charge on any atom is 0.417 e. The Labute approximate surface area is 197 Å². The van der Waals surface area contributed by atoms with E-state index in [4.69, 9.17) is 26.8 Å². The Bertz CT molecular complexity index is 1160. The number of aromatic nitrogens is 1. The van der Waals surface area contributed by atoms with Crippen molar-refractivity contribution in [2.24, 2.45) is 15.9 Å². The van der Waals surface area contributed by atoms with Crippen molar-refractivity contribution < 1.29 is 22.6 Å². The molecule has 0 aliphatic rings. The van der Waals surface area contributed by atoms with E-state index in [-0.39, 0.29) is 21.8 Å². The minimum absolute atomic E-state index is 0.156. The lowest BCUT2D eigenvalue weighted by molar-refractivity contribution is -0.137. The molecule has 0 bridgehead atoms. The number of para-hydroxylation sites is 1. The van der Waals surface area contributed by atoms with Crippen molar-refractivity contribution in [1.82, 2.24) is 4.98 Å². The van der Waals surface area contributed by atoms with Crippen LogP contribution in [-0.4, -0.2) is 23.5 Å². The van der Waals surface area contributed by atoms with Crippen molar-refractivity contribution in [3.8, 4) is 17.4 Å². The largest absolute Gasteiger partial charge is 0.493 e. The van der Waals surface area contributed by atoms with E-state index in [0.717, 1.165) is 11.6 Å². The monoisotopic (exact) mass is 494 g/mol. The van der Waals surface area contributed by atoms with Crippen LogP contribution in [0.4, 0.5) is 13.2 Å². The molecule has 6 nitrogen and oxygen atoms in total. The van der Waals surface area contributed by atoms with Gasteiger partial charge in [-0.05, 0) is 23.8 Å². The predicted molar refractivity (Wildman–Crippen MR) is 124 cm³/mol. The first-order chi connectivity index (χ1) is 15.8. The highest BCUT2D eigenvalue weighted by Crippen LogP contribution is 2.38. The van der Waals surface area contributed by atoms with Crippen LogP contribution in [0.1, 0.15) is 16.7 Å². The summed E-state index contributed by atoms with van der Waals surface area (Å²) in [5.41, 5.74) is 6.43. The molecule has 0 saturated heterocycles. The highest BCUT2D eigenvalue weighted by molar-refractivity contribution is 8.13. The van der Waals surface area contributed by atoms with Crippen molar-refractivity contribution in [2.75, 3.05) is 7.11 Å². The average molecular weight is 495 g/mol. The van der Waals surface area contributed by atoms with Crippen LogP contribution >= 0.6 is 23.4 Å². The number of nitrogens with two attached hydrogens (primary N) is 1. The number of halogens is 4. The highest BCUT2D eigenvalue weighted by Gasteiger charge is 2.32. The lowest BCUT2D eigenvalue weighted by Crippen LogP contribution is -2.06. The van der Waals surface area contributed by atoms with Crippen molar-refractivity contribution in [3.05, 3.63) is 82.5 Å². The molecular weight excluding hydrogens is 477 g/mol. The van der Waals surface area contributed by atoms with Crippen LogP contribution in [0.2, 0.25) is 5.02 Å². The van der Waals surface area contributed by atoms with E-state index in [0.29, 0.717) is 23.3 Å². The zero-order valence-corrected chi connectivity index (χ0v) is 18.8. The van der Waals surface area contributed by atoms with E-state index in [1.54, 1.807) is 18.2 Å². The van der Waals surface area contributed by atoms with Gasteiger partial charge in [-0.2, -0.15) is 18.3 Å². The van der Waals surface area contributed by atoms with Gasteiger partial charge in [-0.1, -0.05) is 59.8 Å². The molecule has 33 heavy (non-hydrogen) atoms. The molecule has 0 spiro atoms. The third-order valence-electron chi connectivity index (χ3n) is 4.15. The number of alkyl halides is 3. The van der Waals surface area contributed by atoms with Crippen LogP contribution in [0.3, 0.4) is 0 Å². The Morgan fingerprint density at radius 2 is 1.94 bits per heavy atom. The van der Waals surface area contributed by atoms with E-state index in [1.807, 2.05) is 30.3 Å². The topological polar surface area (TPSA) is 82.1 Å². The van der Waals surface area contributed by atoms with E-state index < -0.39 is 11.7 Å². The summed E-state index contributed by atoms with van der Waals surface area (Å²) in [5.74, 6) is 0.873. The molecule has 3 rings (SSSR count). The van der Waals surface area contributed by atoms with Crippen molar-refractivity contribution >= 4 is 34.7 Å². The molecule has 0 saturated carbocycles. The van der Waals surface area contributed by atoms with Gasteiger partial charge in [-0.15, -0.1) is 5.10 Å². The van der Waals surface area contributed by atoms with Gasteiger partial charge in [0.05, 0.1) is 18.9 Å². The molecule has 0 amide bonds. The van der Waals surface area contributed by atoms with Gasteiger partial charge in [0.1, 0.15) is 5.02 Å². The van der Waals surface area contributed by atoms with Crippen LogP contribution < -0.4 is 15.2 Å². The molecule has 3 aromatic rings. The van der Waals surface area contributed by atoms with Gasteiger partial charge in [0, 0.05) is 17.5 Å². The summed E-state index contributed by atoms with van der Waals surface area (Å²) in [6, 6.07) is 15.4. The van der Waals surface area contributed by atoms with Gasteiger partial charge in [-0.3, -0.25) is 0 Å². The van der Waals surface area contributed by atoms with Gasteiger partial charge >= 0.3 is 6.18 Å². The lowest BCUT2D eigenvalue weighted by Gasteiger charge is -2.14. The molecule has 11 heteroatoms. The molecule has 1 aromatic heterocycles. The summed E-state index contributed by atoms with van der Waals surface area (Å²) in [4.78, 5) is 3.69. The summed E-state index contributed by atoms with van der Waals surface area (Å²) in [6.07, 6.45) is -2.56. The number of thioether (sulfide) groups is 1. The minimum Gasteiger partial charge on any atom is -0.493 e. The first-order valence-electron chi connectivity index (χ1n) is 9.38. The fourth-order valence-corrected chi connectivity index (χ4v) is 3.38. The second kappa shape index (κ2) is 11.1. The molecule has 2 N–H and O–H groups in total. The quantitative estimate of drug-likeness (QED) is 0.242. The second-order valence-electron chi connectivity index (χ2n) is 6.45. The fourth-order valence-electron chi connectivity index (χ4n) is 2.56. The Morgan fingerprint density at radius 1 is 1.18 bits per heavy atom. The Hall–Kier alpha value is -3.24. The van der Waals surface area contributed by atoms with Gasteiger partial charge < -0.3 is 15.2 Å². The Kier molecular flexibility index (Phi) is 8.18. The second-order valence-corrected chi connectivity index (χ2v) is 7.85. The number of methoxy groups -OCH3 is 1. The van der Waals surface area contributed by atoms with E-state index in [2.05, 4.69) is 15.2 Å². The molecule has 0 radical (unpaired) electrons. The van der Waals surface area contributed by atoms with Crippen LogP contribution in [-0.2, 0) is 11.9 Å². The number of pyridine rings is 1. The van der Waals surface area contributed by atoms with Crippen molar-refractivity contribution in [1.29, 1.82) is 0 Å². The molecule has 0 aliphatic heterocycles. The molecule has 0 atom stereocenters. The third-order valence-corrected chi connectivity index (χ3v) is 5.27. The molecular formula is C22H18ClF3N4O2S. The molecule has 0 aliphatic carbocycles. The summed E-state index contributed by atoms with van der Waals surface area (Å²) in [5, 5.41) is 7.89.